The predicted octanol–water partition coefficient (Wildman–Crippen LogP) is 3.58. The van der Waals surface area contributed by atoms with Crippen molar-refractivity contribution in [3.63, 3.8) is 0 Å². The molecule has 0 bridgehead atoms. The summed E-state index contributed by atoms with van der Waals surface area (Å²) in [4.78, 5) is 7.27. The molecule has 1 saturated heterocycles. The Morgan fingerprint density at radius 2 is 2.05 bits per heavy atom. The largest absolute Gasteiger partial charge is 0.398 e. The summed E-state index contributed by atoms with van der Waals surface area (Å²) >= 11 is 0. The van der Waals surface area contributed by atoms with E-state index < -0.39 is 0 Å². The van der Waals surface area contributed by atoms with Crippen molar-refractivity contribution < 1.29 is 0 Å². The molecule has 4 rings (SSSR count). The molecule has 2 N–H and O–H groups in total. The maximum Gasteiger partial charge on any atom is 0.0767 e. The highest BCUT2D eigenvalue weighted by Gasteiger charge is 2.35. The minimum atomic E-state index is 0.801. The molecule has 1 aliphatic carbocycles. The quantitative estimate of drug-likeness (QED) is 0.856. The standard InChI is InChI=1S/C18H23N3/c19-16-8-7-14(18-15(16)5-3-10-20-18)12-21-11-9-13-4-1-2-6-17(13)21/h3,5,7-8,10,13,17H,1-2,4,6,9,11-12,19H2. The number of rotatable bonds is 2. The van der Waals surface area contributed by atoms with E-state index in [1.165, 1.54) is 44.2 Å². The molecule has 2 aromatic rings. The van der Waals surface area contributed by atoms with E-state index in [9.17, 15) is 0 Å². The fourth-order valence-electron chi connectivity index (χ4n) is 4.30. The predicted molar refractivity (Wildman–Crippen MR) is 86.9 cm³/mol. The van der Waals surface area contributed by atoms with Crippen molar-refractivity contribution in [3.8, 4) is 0 Å². The normalized spacial score (nSPS) is 26.1. The number of nitrogens with zero attached hydrogens (tertiary/aromatic N) is 2. The molecular weight excluding hydrogens is 258 g/mol. The highest BCUT2D eigenvalue weighted by atomic mass is 15.2. The highest BCUT2D eigenvalue weighted by molar-refractivity contribution is 5.92. The van der Waals surface area contributed by atoms with Gasteiger partial charge in [0.2, 0.25) is 0 Å². The van der Waals surface area contributed by atoms with E-state index in [0.29, 0.717) is 0 Å². The van der Waals surface area contributed by atoms with Crippen LogP contribution in [0.1, 0.15) is 37.7 Å². The van der Waals surface area contributed by atoms with Crippen LogP contribution < -0.4 is 5.73 Å². The van der Waals surface area contributed by atoms with Gasteiger partial charge in [-0.25, -0.2) is 0 Å². The molecule has 0 amide bonds. The van der Waals surface area contributed by atoms with E-state index in [2.05, 4.69) is 22.0 Å². The fourth-order valence-corrected chi connectivity index (χ4v) is 4.30. The molecule has 3 heteroatoms. The van der Waals surface area contributed by atoms with Gasteiger partial charge in [-0.15, -0.1) is 0 Å². The zero-order chi connectivity index (χ0) is 14.2. The molecule has 2 heterocycles. The lowest BCUT2D eigenvalue weighted by atomic mass is 9.85. The Balaban J connectivity index is 1.64. The molecule has 2 unspecified atom stereocenters. The van der Waals surface area contributed by atoms with E-state index >= 15 is 0 Å². The van der Waals surface area contributed by atoms with E-state index in [0.717, 1.165) is 35.1 Å². The maximum absolute atomic E-state index is 6.09. The molecule has 1 aliphatic heterocycles. The Morgan fingerprint density at radius 3 is 3.00 bits per heavy atom. The first kappa shape index (κ1) is 13.1. The minimum absolute atomic E-state index is 0.801. The molecule has 0 radical (unpaired) electrons. The highest BCUT2D eigenvalue weighted by Crippen LogP contribution is 2.37. The number of benzene rings is 1. The van der Waals surface area contributed by atoms with Crippen LogP contribution in [0, 0.1) is 5.92 Å². The van der Waals surface area contributed by atoms with E-state index in [1.807, 2.05) is 18.3 Å². The van der Waals surface area contributed by atoms with Crippen LogP contribution in [0.3, 0.4) is 0 Å². The second-order valence-corrected chi connectivity index (χ2v) is 6.58. The van der Waals surface area contributed by atoms with Crippen molar-refractivity contribution >= 4 is 16.6 Å². The van der Waals surface area contributed by atoms with E-state index in [1.54, 1.807) is 0 Å². The van der Waals surface area contributed by atoms with Gasteiger partial charge in [-0.2, -0.15) is 0 Å². The number of likely N-dealkylation sites (tertiary alicyclic amines) is 1. The molecule has 1 saturated carbocycles. The number of hydrogen-bond acceptors (Lipinski definition) is 3. The van der Waals surface area contributed by atoms with Gasteiger partial charge < -0.3 is 5.73 Å². The van der Waals surface area contributed by atoms with Crippen molar-refractivity contribution in [2.24, 2.45) is 5.92 Å². The summed E-state index contributed by atoms with van der Waals surface area (Å²) in [6.45, 7) is 2.27. The van der Waals surface area contributed by atoms with Crippen molar-refractivity contribution in [3.05, 3.63) is 36.0 Å². The molecule has 1 aromatic carbocycles. The van der Waals surface area contributed by atoms with Crippen LogP contribution in [0.4, 0.5) is 5.69 Å². The molecule has 2 fully saturated rings. The number of hydrogen-bond donors (Lipinski definition) is 1. The third-order valence-electron chi connectivity index (χ3n) is 5.39. The Bertz CT molecular complexity index is 652. The first-order chi connectivity index (χ1) is 10.3. The average molecular weight is 281 g/mol. The number of anilines is 1. The van der Waals surface area contributed by atoms with Gasteiger partial charge in [-0.3, -0.25) is 9.88 Å². The molecule has 2 aliphatic rings. The SMILES string of the molecule is Nc1ccc(CN2CCC3CCCCC32)c2ncccc12. The zero-order valence-corrected chi connectivity index (χ0v) is 12.5. The van der Waals surface area contributed by atoms with Gasteiger partial charge in [-0.1, -0.05) is 18.9 Å². The Labute approximate surface area is 126 Å². The first-order valence-electron chi connectivity index (χ1n) is 8.19. The number of fused-ring (bicyclic) bond motifs is 2. The third-order valence-corrected chi connectivity index (χ3v) is 5.39. The van der Waals surface area contributed by atoms with Crippen LogP contribution in [-0.4, -0.2) is 22.5 Å². The third kappa shape index (κ3) is 2.30. The summed E-state index contributed by atoms with van der Waals surface area (Å²) < 4.78 is 0. The summed E-state index contributed by atoms with van der Waals surface area (Å²) in [5.41, 5.74) is 9.32. The lowest BCUT2D eigenvalue weighted by Gasteiger charge is -2.31. The van der Waals surface area contributed by atoms with Gasteiger partial charge in [0.15, 0.2) is 0 Å². The number of pyridine rings is 1. The smallest absolute Gasteiger partial charge is 0.0767 e. The van der Waals surface area contributed by atoms with Gasteiger partial charge in [0.1, 0.15) is 0 Å². The lowest BCUT2D eigenvalue weighted by molar-refractivity contribution is 0.176. The van der Waals surface area contributed by atoms with E-state index in [-0.39, 0.29) is 0 Å². The van der Waals surface area contributed by atoms with Crippen LogP contribution in [-0.2, 0) is 6.54 Å². The zero-order valence-electron chi connectivity index (χ0n) is 12.5. The molecular formula is C18H23N3. The van der Waals surface area contributed by atoms with Crippen LogP contribution in [0.25, 0.3) is 10.9 Å². The van der Waals surface area contributed by atoms with Crippen molar-refractivity contribution in [1.29, 1.82) is 0 Å². The van der Waals surface area contributed by atoms with Crippen LogP contribution in [0.2, 0.25) is 0 Å². The second-order valence-electron chi connectivity index (χ2n) is 6.58. The fraction of sp³-hybridized carbons (Fsp3) is 0.500. The molecule has 2 atom stereocenters. The summed E-state index contributed by atoms with van der Waals surface area (Å²) in [6, 6.07) is 9.05. The molecule has 1 aromatic heterocycles. The molecule has 0 spiro atoms. The van der Waals surface area contributed by atoms with Crippen LogP contribution >= 0.6 is 0 Å². The van der Waals surface area contributed by atoms with E-state index in [4.69, 9.17) is 5.73 Å². The van der Waals surface area contributed by atoms with Crippen molar-refractivity contribution in [2.75, 3.05) is 12.3 Å². The molecule has 3 nitrogen and oxygen atoms in total. The Morgan fingerprint density at radius 1 is 1.14 bits per heavy atom. The topological polar surface area (TPSA) is 42.1 Å². The monoisotopic (exact) mass is 281 g/mol. The Kier molecular flexibility index (Phi) is 3.30. The summed E-state index contributed by atoms with van der Waals surface area (Å²) in [5.74, 6) is 0.937. The summed E-state index contributed by atoms with van der Waals surface area (Å²) in [7, 11) is 0. The number of aromatic nitrogens is 1. The van der Waals surface area contributed by atoms with Gasteiger partial charge in [0.25, 0.3) is 0 Å². The first-order valence-corrected chi connectivity index (χ1v) is 8.19. The van der Waals surface area contributed by atoms with Crippen LogP contribution in [0.5, 0.6) is 0 Å². The number of nitrogens with two attached hydrogens (primary N) is 1. The van der Waals surface area contributed by atoms with Gasteiger partial charge in [0, 0.05) is 29.9 Å². The van der Waals surface area contributed by atoms with Gasteiger partial charge in [0.05, 0.1) is 5.52 Å². The summed E-state index contributed by atoms with van der Waals surface area (Å²) in [5, 5.41) is 1.09. The lowest BCUT2D eigenvalue weighted by Crippen LogP contribution is -2.34. The minimum Gasteiger partial charge on any atom is -0.398 e. The Hall–Kier alpha value is -1.61. The summed E-state index contributed by atoms with van der Waals surface area (Å²) in [6.07, 6.45) is 8.90. The van der Waals surface area contributed by atoms with Gasteiger partial charge in [-0.05, 0) is 55.5 Å². The second kappa shape index (κ2) is 5.30. The van der Waals surface area contributed by atoms with Crippen molar-refractivity contribution in [1.82, 2.24) is 9.88 Å². The maximum atomic E-state index is 6.09. The molecule has 110 valence electrons. The average Bonchev–Trinajstić information content (AvgIpc) is 2.94. The molecule has 21 heavy (non-hydrogen) atoms. The number of nitrogen functional groups attached to an aromatic ring is 1. The van der Waals surface area contributed by atoms with Crippen molar-refractivity contribution in [2.45, 2.75) is 44.7 Å². The van der Waals surface area contributed by atoms with Gasteiger partial charge >= 0.3 is 0 Å². The van der Waals surface area contributed by atoms with Crippen LogP contribution in [0.15, 0.2) is 30.5 Å².